The van der Waals surface area contributed by atoms with E-state index < -0.39 is 0 Å². The van der Waals surface area contributed by atoms with E-state index in [2.05, 4.69) is 12.2 Å². The Morgan fingerprint density at radius 1 is 1.03 bits per heavy atom. The molecule has 2 heterocycles. The van der Waals surface area contributed by atoms with E-state index in [0.29, 0.717) is 56.9 Å². The van der Waals surface area contributed by atoms with Crippen molar-refractivity contribution in [2.24, 2.45) is 17.8 Å². The first kappa shape index (κ1) is 23.9. The number of likely N-dealkylation sites (tertiary alicyclic amines) is 2. The normalized spacial score (nSPS) is 21.7. The minimum absolute atomic E-state index is 0.0984. The molecule has 1 aromatic carbocycles. The molecule has 3 rings (SSSR count). The third-order valence-electron chi connectivity index (χ3n) is 6.84. The van der Waals surface area contributed by atoms with Gasteiger partial charge in [0, 0.05) is 44.4 Å². The number of anilines is 1. The zero-order chi connectivity index (χ0) is 23.1. The molecule has 0 unspecified atom stereocenters. The molecular weight excluding hydrogens is 410 g/mol. The summed E-state index contributed by atoms with van der Waals surface area (Å²) in [6, 6.07) is 7.20. The topological polar surface area (TPSA) is 88.2 Å². The number of nitrogens with one attached hydrogen (secondary N) is 1. The monoisotopic (exact) mass is 445 g/mol. The number of nitrogens with zero attached hydrogens (tertiary/aromatic N) is 2. The van der Waals surface area contributed by atoms with Crippen molar-refractivity contribution in [3.05, 3.63) is 24.3 Å². The molecule has 8 heteroatoms. The summed E-state index contributed by atoms with van der Waals surface area (Å²) in [4.78, 5) is 41.1. The Labute approximate surface area is 190 Å². The van der Waals surface area contributed by atoms with Crippen LogP contribution < -0.4 is 10.1 Å². The second-order valence-corrected chi connectivity index (χ2v) is 8.71. The molecule has 32 heavy (non-hydrogen) atoms. The molecule has 1 N–H and O–H groups in total. The molecule has 0 radical (unpaired) electrons. The Balaban J connectivity index is 1.50. The second-order valence-electron chi connectivity index (χ2n) is 8.71. The van der Waals surface area contributed by atoms with Crippen LogP contribution in [0, 0.1) is 17.8 Å². The predicted octanol–water partition coefficient (Wildman–Crippen LogP) is 3.38. The standard InChI is InChI=1S/C24H35N3O5/c1-4-17-16-27(24(30)25-20-6-5-7-21(15-20)31-2)13-10-19(17)14-22(28)26-11-8-18(9-12-26)23(29)32-3/h5-7,15,17-19H,4,8-14,16H2,1-3H3,(H,25,30)/t17-,19-/m0/s1. The molecule has 2 aliphatic heterocycles. The lowest BCUT2D eigenvalue weighted by atomic mass is 9.81. The largest absolute Gasteiger partial charge is 0.497 e. The van der Waals surface area contributed by atoms with E-state index >= 15 is 0 Å². The smallest absolute Gasteiger partial charge is 0.321 e. The maximum Gasteiger partial charge on any atom is 0.321 e. The third-order valence-corrected chi connectivity index (χ3v) is 6.84. The van der Waals surface area contributed by atoms with Gasteiger partial charge in [0.2, 0.25) is 5.91 Å². The summed E-state index contributed by atoms with van der Waals surface area (Å²) in [6.45, 7) is 4.62. The number of piperidine rings is 2. The molecule has 0 bridgehead atoms. The Kier molecular flexibility index (Phi) is 8.36. The van der Waals surface area contributed by atoms with Crippen LogP contribution in [0.1, 0.15) is 39.0 Å². The summed E-state index contributed by atoms with van der Waals surface area (Å²) in [5, 5.41) is 2.95. The maximum atomic E-state index is 12.9. The van der Waals surface area contributed by atoms with Crippen molar-refractivity contribution in [1.29, 1.82) is 0 Å². The first-order valence-corrected chi connectivity index (χ1v) is 11.5. The number of hydrogen-bond donors (Lipinski definition) is 1. The SMILES string of the molecule is CC[C@H]1CN(C(=O)Nc2cccc(OC)c2)CC[C@H]1CC(=O)N1CCC(C(=O)OC)CC1. The number of hydrogen-bond acceptors (Lipinski definition) is 5. The quantitative estimate of drug-likeness (QED) is 0.678. The Bertz CT molecular complexity index is 807. The highest BCUT2D eigenvalue weighted by Crippen LogP contribution is 2.31. The van der Waals surface area contributed by atoms with Crippen molar-refractivity contribution in [2.45, 2.75) is 39.0 Å². The van der Waals surface area contributed by atoms with Crippen LogP contribution in [0.15, 0.2) is 24.3 Å². The van der Waals surface area contributed by atoms with Gasteiger partial charge < -0.3 is 24.6 Å². The van der Waals surface area contributed by atoms with Gasteiger partial charge in [0.05, 0.1) is 20.1 Å². The van der Waals surface area contributed by atoms with Crippen LogP contribution in [-0.2, 0) is 14.3 Å². The van der Waals surface area contributed by atoms with Gasteiger partial charge in [0.25, 0.3) is 0 Å². The fraction of sp³-hybridized carbons (Fsp3) is 0.625. The highest BCUT2D eigenvalue weighted by molar-refractivity contribution is 5.89. The molecule has 2 saturated heterocycles. The zero-order valence-corrected chi connectivity index (χ0v) is 19.3. The van der Waals surface area contributed by atoms with Crippen molar-refractivity contribution >= 4 is 23.6 Å². The van der Waals surface area contributed by atoms with E-state index in [-0.39, 0.29) is 35.7 Å². The molecule has 176 valence electrons. The zero-order valence-electron chi connectivity index (χ0n) is 19.3. The number of benzene rings is 1. The van der Waals surface area contributed by atoms with Crippen molar-refractivity contribution in [2.75, 3.05) is 45.7 Å². The summed E-state index contributed by atoms with van der Waals surface area (Å²) in [6.07, 6.45) is 3.57. The number of carbonyl (C=O) groups is 3. The van der Waals surface area contributed by atoms with Crippen LogP contribution in [0.25, 0.3) is 0 Å². The molecule has 8 nitrogen and oxygen atoms in total. The number of carbonyl (C=O) groups excluding carboxylic acids is 3. The summed E-state index contributed by atoms with van der Waals surface area (Å²) in [7, 11) is 3.01. The number of urea groups is 1. The molecule has 0 saturated carbocycles. The predicted molar refractivity (Wildman–Crippen MR) is 121 cm³/mol. The molecule has 3 amide bonds. The lowest BCUT2D eigenvalue weighted by Gasteiger charge is -2.39. The van der Waals surface area contributed by atoms with E-state index in [1.807, 2.05) is 28.0 Å². The number of esters is 1. The Hall–Kier alpha value is -2.77. The average Bonchev–Trinajstić information content (AvgIpc) is 2.83. The van der Waals surface area contributed by atoms with Crippen molar-refractivity contribution in [3.63, 3.8) is 0 Å². The van der Waals surface area contributed by atoms with Gasteiger partial charge in [-0.25, -0.2) is 4.79 Å². The fourth-order valence-electron chi connectivity index (χ4n) is 4.78. The Morgan fingerprint density at radius 3 is 2.41 bits per heavy atom. The van der Waals surface area contributed by atoms with Crippen LogP contribution in [0.4, 0.5) is 10.5 Å². The molecule has 2 fully saturated rings. The van der Waals surface area contributed by atoms with Crippen molar-refractivity contribution < 1.29 is 23.9 Å². The van der Waals surface area contributed by atoms with Crippen molar-refractivity contribution in [3.8, 4) is 5.75 Å². The molecule has 2 atom stereocenters. The Morgan fingerprint density at radius 2 is 1.75 bits per heavy atom. The molecule has 0 spiro atoms. The van der Waals surface area contributed by atoms with Gasteiger partial charge in [-0.3, -0.25) is 9.59 Å². The van der Waals surface area contributed by atoms with E-state index in [0.717, 1.165) is 12.8 Å². The molecule has 0 aromatic heterocycles. The highest BCUT2D eigenvalue weighted by Gasteiger charge is 2.34. The highest BCUT2D eigenvalue weighted by atomic mass is 16.5. The third kappa shape index (κ3) is 5.93. The van der Waals surface area contributed by atoms with E-state index in [1.54, 1.807) is 13.2 Å². The van der Waals surface area contributed by atoms with Gasteiger partial charge in [-0.15, -0.1) is 0 Å². The minimum atomic E-state index is -0.178. The summed E-state index contributed by atoms with van der Waals surface area (Å²) in [5.74, 6) is 1.14. The molecular formula is C24H35N3O5. The maximum absolute atomic E-state index is 12.9. The van der Waals surface area contributed by atoms with Crippen molar-refractivity contribution in [1.82, 2.24) is 9.80 Å². The van der Waals surface area contributed by atoms with Crippen LogP contribution in [0.3, 0.4) is 0 Å². The van der Waals surface area contributed by atoms with Gasteiger partial charge in [0.1, 0.15) is 5.75 Å². The van der Waals surface area contributed by atoms with E-state index in [1.165, 1.54) is 7.11 Å². The first-order chi connectivity index (χ1) is 15.4. The molecule has 0 aliphatic carbocycles. The van der Waals surface area contributed by atoms with Crippen LogP contribution in [-0.4, -0.2) is 68.1 Å². The summed E-state index contributed by atoms with van der Waals surface area (Å²) >= 11 is 0. The fourth-order valence-corrected chi connectivity index (χ4v) is 4.78. The van der Waals surface area contributed by atoms with Gasteiger partial charge in [-0.1, -0.05) is 19.4 Å². The molecule has 1 aromatic rings. The number of amides is 3. The van der Waals surface area contributed by atoms with Gasteiger partial charge in [-0.05, 0) is 43.2 Å². The van der Waals surface area contributed by atoms with Gasteiger partial charge in [0.15, 0.2) is 0 Å². The lowest BCUT2D eigenvalue weighted by molar-refractivity contribution is -0.149. The number of methoxy groups -OCH3 is 2. The first-order valence-electron chi connectivity index (χ1n) is 11.5. The van der Waals surface area contributed by atoms with Crippen LogP contribution in [0.5, 0.6) is 5.75 Å². The lowest BCUT2D eigenvalue weighted by Crippen LogP contribution is -2.47. The summed E-state index contributed by atoms with van der Waals surface area (Å²) in [5.41, 5.74) is 0.704. The number of ether oxygens (including phenoxy) is 2. The number of rotatable bonds is 6. The van der Waals surface area contributed by atoms with Gasteiger partial charge >= 0.3 is 12.0 Å². The average molecular weight is 446 g/mol. The summed E-state index contributed by atoms with van der Waals surface area (Å²) < 4.78 is 10.0. The minimum Gasteiger partial charge on any atom is -0.497 e. The van der Waals surface area contributed by atoms with Gasteiger partial charge in [-0.2, -0.15) is 0 Å². The van der Waals surface area contributed by atoms with Crippen LogP contribution in [0.2, 0.25) is 0 Å². The van der Waals surface area contributed by atoms with E-state index in [4.69, 9.17) is 9.47 Å². The van der Waals surface area contributed by atoms with E-state index in [9.17, 15) is 14.4 Å². The van der Waals surface area contributed by atoms with Crippen LogP contribution >= 0.6 is 0 Å². The molecule has 2 aliphatic rings. The second kappa shape index (κ2) is 11.2.